The van der Waals surface area contributed by atoms with E-state index >= 15 is 0 Å². The van der Waals surface area contributed by atoms with E-state index in [2.05, 4.69) is 38.0 Å². The first-order chi connectivity index (χ1) is 10.0. The molecule has 1 aromatic rings. The van der Waals surface area contributed by atoms with Crippen molar-refractivity contribution in [2.45, 2.75) is 72.1 Å². The van der Waals surface area contributed by atoms with Crippen LogP contribution in [0.25, 0.3) is 0 Å². The standard InChI is InChI=1S/C18H32N2O/c1-5-19-12-6-7-17-20-13-16(21-17)14-8-10-15(11-9-14)18(2,3)4/h13-15,19H,5-12H2,1-4H3. The van der Waals surface area contributed by atoms with E-state index in [1.54, 1.807) is 0 Å². The summed E-state index contributed by atoms with van der Waals surface area (Å²) in [4.78, 5) is 4.46. The summed E-state index contributed by atoms with van der Waals surface area (Å²) < 4.78 is 5.99. The summed E-state index contributed by atoms with van der Waals surface area (Å²) in [6, 6.07) is 0. The Morgan fingerprint density at radius 1 is 1.24 bits per heavy atom. The largest absolute Gasteiger partial charge is 0.445 e. The maximum Gasteiger partial charge on any atom is 0.194 e. The number of nitrogens with zero attached hydrogens (tertiary/aromatic N) is 1. The van der Waals surface area contributed by atoms with Crippen molar-refractivity contribution in [1.29, 1.82) is 0 Å². The van der Waals surface area contributed by atoms with E-state index in [4.69, 9.17) is 4.42 Å². The van der Waals surface area contributed by atoms with Crippen LogP contribution in [0.4, 0.5) is 0 Å². The van der Waals surface area contributed by atoms with E-state index in [0.717, 1.165) is 43.5 Å². The van der Waals surface area contributed by atoms with Crippen molar-refractivity contribution in [2.24, 2.45) is 11.3 Å². The average molecular weight is 292 g/mol. The Hall–Kier alpha value is -0.830. The molecule has 0 atom stereocenters. The number of aromatic nitrogens is 1. The Morgan fingerprint density at radius 3 is 2.57 bits per heavy atom. The number of nitrogens with one attached hydrogen (secondary N) is 1. The van der Waals surface area contributed by atoms with Crippen LogP contribution in [0.3, 0.4) is 0 Å². The third-order valence-corrected chi connectivity index (χ3v) is 4.92. The van der Waals surface area contributed by atoms with E-state index in [0.29, 0.717) is 11.3 Å². The molecule has 0 radical (unpaired) electrons. The molecule has 1 saturated carbocycles. The monoisotopic (exact) mass is 292 g/mol. The molecule has 1 fully saturated rings. The Bertz CT molecular complexity index is 411. The fourth-order valence-electron chi connectivity index (χ4n) is 3.41. The van der Waals surface area contributed by atoms with Gasteiger partial charge in [-0.2, -0.15) is 0 Å². The molecule has 2 rings (SSSR count). The van der Waals surface area contributed by atoms with Gasteiger partial charge in [0.15, 0.2) is 5.89 Å². The molecule has 120 valence electrons. The van der Waals surface area contributed by atoms with Gasteiger partial charge in [0.2, 0.25) is 0 Å². The molecule has 0 amide bonds. The maximum atomic E-state index is 5.99. The van der Waals surface area contributed by atoms with Crippen molar-refractivity contribution in [3.05, 3.63) is 17.8 Å². The van der Waals surface area contributed by atoms with Crippen LogP contribution < -0.4 is 5.32 Å². The van der Waals surface area contributed by atoms with Crippen LogP contribution in [0.15, 0.2) is 10.6 Å². The molecule has 21 heavy (non-hydrogen) atoms. The summed E-state index contributed by atoms with van der Waals surface area (Å²) in [5, 5.41) is 3.34. The van der Waals surface area contributed by atoms with Crippen LogP contribution >= 0.6 is 0 Å². The second kappa shape index (κ2) is 7.44. The summed E-state index contributed by atoms with van der Waals surface area (Å²) in [5.74, 6) is 3.50. The van der Waals surface area contributed by atoms with Crippen molar-refractivity contribution < 1.29 is 4.42 Å². The highest BCUT2D eigenvalue weighted by atomic mass is 16.4. The fraction of sp³-hybridized carbons (Fsp3) is 0.833. The molecule has 1 aromatic heterocycles. The summed E-state index contributed by atoms with van der Waals surface area (Å²) in [6.45, 7) is 11.3. The summed E-state index contributed by atoms with van der Waals surface area (Å²) in [5.41, 5.74) is 0.448. The van der Waals surface area contributed by atoms with Crippen LogP contribution in [0.2, 0.25) is 0 Å². The lowest BCUT2D eigenvalue weighted by Gasteiger charge is -2.36. The lowest BCUT2D eigenvalue weighted by molar-refractivity contribution is 0.163. The quantitative estimate of drug-likeness (QED) is 0.782. The zero-order valence-corrected chi connectivity index (χ0v) is 14.2. The van der Waals surface area contributed by atoms with Crippen molar-refractivity contribution in [1.82, 2.24) is 10.3 Å². The molecule has 0 unspecified atom stereocenters. The van der Waals surface area contributed by atoms with E-state index in [-0.39, 0.29) is 0 Å². The Balaban J connectivity index is 1.80. The molecule has 0 saturated heterocycles. The van der Waals surface area contributed by atoms with E-state index in [1.807, 2.05) is 6.20 Å². The predicted octanol–water partition coefficient (Wildman–Crippen LogP) is 4.54. The number of oxazole rings is 1. The predicted molar refractivity (Wildman–Crippen MR) is 87.5 cm³/mol. The second-order valence-corrected chi connectivity index (χ2v) is 7.53. The van der Waals surface area contributed by atoms with Gasteiger partial charge >= 0.3 is 0 Å². The Labute approximate surface area is 129 Å². The minimum atomic E-state index is 0.448. The molecular formula is C18H32N2O. The van der Waals surface area contributed by atoms with Gasteiger partial charge in [0.05, 0.1) is 6.20 Å². The van der Waals surface area contributed by atoms with Crippen LogP contribution in [0, 0.1) is 11.3 Å². The minimum absolute atomic E-state index is 0.448. The van der Waals surface area contributed by atoms with E-state index < -0.39 is 0 Å². The van der Waals surface area contributed by atoms with Crippen molar-refractivity contribution in [3.8, 4) is 0 Å². The van der Waals surface area contributed by atoms with Crippen LogP contribution in [0.1, 0.15) is 77.4 Å². The Kier molecular flexibility index (Phi) is 5.86. The molecular weight excluding hydrogens is 260 g/mol. The number of hydrogen-bond donors (Lipinski definition) is 1. The molecule has 0 spiro atoms. The van der Waals surface area contributed by atoms with E-state index in [9.17, 15) is 0 Å². The first-order valence-corrected chi connectivity index (χ1v) is 8.66. The van der Waals surface area contributed by atoms with Gasteiger partial charge in [-0.3, -0.25) is 0 Å². The number of rotatable bonds is 6. The SMILES string of the molecule is CCNCCCc1ncc(C2CCC(C(C)(C)C)CC2)o1. The molecule has 1 N–H and O–H groups in total. The molecule has 1 aliphatic rings. The van der Waals surface area contributed by atoms with Crippen molar-refractivity contribution >= 4 is 0 Å². The maximum absolute atomic E-state index is 5.99. The number of aryl methyl sites for hydroxylation is 1. The van der Waals surface area contributed by atoms with Crippen LogP contribution in [-0.2, 0) is 6.42 Å². The van der Waals surface area contributed by atoms with Crippen molar-refractivity contribution in [3.63, 3.8) is 0 Å². The van der Waals surface area contributed by atoms with E-state index in [1.165, 1.54) is 25.7 Å². The third kappa shape index (κ3) is 4.84. The summed E-state index contributed by atoms with van der Waals surface area (Å²) in [7, 11) is 0. The van der Waals surface area contributed by atoms with Gasteiger partial charge in [-0.1, -0.05) is 27.7 Å². The molecule has 3 heteroatoms. The lowest BCUT2D eigenvalue weighted by atomic mass is 9.69. The summed E-state index contributed by atoms with van der Waals surface area (Å²) >= 11 is 0. The zero-order valence-electron chi connectivity index (χ0n) is 14.2. The van der Waals surface area contributed by atoms with Crippen LogP contribution in [-0.4, -0.2) is 18.1 Å². The average Bonchev–Trinajstić information content (AvgIpc) is 2.92. The van der Waals surface area contributed by atoms with Crippen molar-refractivity contribution in [2.75, 3.05) is 13.1 Å². The van der Waals surface area contributed by atoms with Crippen LogP contribution in [0.5, 0.6) is 0 Å². The zero-order chi connectivity index (χ0) is 15.3. The van der Waals surface area contributed by atoms with Gasteiger partial charge in [0, 0.05) is 12.3 Å². The lowest BCUT2D eigenvalue weighted by Crippen LogP contribution is -2.25. The smallest absolute Gasteiger partial charge is 0.194 e. The second-order valence-electron chi connectivity index (χ2n) is 7.53. The Morgan fingerprint density at radius 2 is 1.95 bits per heavy atom. The first kappa shape index (κ1) is 16.5. The van der Waals surface area contributed by atoms with Gasteiger partial charge in [-0.25, -0.2) is 4.98 Å². The highest BCUT2D eigenvalue weighted by Crippen LogP contribution is 2.43. The summed E-state index contributed by atoms with van der Waals surface area (Å²) in [6.07, 6.45) is 9.19. The molecule has 1 aliphatic carbocycles. The highest BCUT2D eigenvalue weighted by Gasteiger charge is 2.31. The molecule has 3 nitrogen and oxygen atoms in total. The topological polar surface area (TPSA) is 38.1 Å². The highest BCUT2D eigenvalue weighted by molar-refractivity contribution is 5.04. The molecule has 0 aliphatic heterocycles. The minimum Gasteiger partial charge on any atom is -0.445 e. The van der Waals surface area contributed by atoms with Gasteiger partial charge in [-0.05, 0) is 56.5 Å². The first-order valence-electron chi connectivity index (χ1n) is 8.66. The molecule has 0 aromatic carbocycles. The molecule has 0 bridgehead atoms. The normalized spacial score (nSPS) is 23.4. The number of hydrogen-bond acceptors (Lipinski definition) is 3. The molecule has 1 heterocycles. The third-order valence-electron chi connectivity index (χ3n) is 4.92. The van der Waals surface area contributed by atoms with Gasteiger partial charge in [0.1, 0.15) is 5.76 Å². The fourth-order valence-corrected chi connectivity index (χ4v) is 3.41. The van der Waals surface area contributed by atoms with Gasteiger partial charge in [0.25, 0.3) is 0 Å². The van der Waals surface area contributed by atoms with Gasteiger partial charge in [-0.15, -0.1) is 0 Å². The van der Waals surface area contributed by atoms with Gasteiger partial charge < -0.3 is 9.73 Å².